The molecule has 47 heavy (non-hydrogen) atoms. The van der Waals surface area contributed by atoms with E-state index in [0.29, 0.717) is 47.0 Å². The van der Waals surface area contributed by atoms with Gasteiger partial charge in [-0.3, -0.25) is 9.59 Å². The molecular weight excluding hydrogens is 619 g/mol. The number of fused-ring (bicyclic) bond motifs is 2. The number of nitrogens with two attached hydrogens (primary N) is 1. The van der Waals surface area contributed by atoms with E-state index in [1.54, 1.807) is 38.2 Å². The van der Waals surface area contributed by atoms with E-state index in [2.05, 4.69) is 20.5 Å². The van der Waals surface area contributed by atoms with Crippen molar-refractivity contribution < 1.29 is 37.3 Å². The van der Waals surface area contributed by atoms with E-state index in [1.807, 2.05) is 0 Å². The van der Waals surface area contributed by atoms with Crippen LogP contribution in [0.25, 0.3) is 27.5 Å². The van der Waals surface area contributed by atoms with Gasteiger partial charge < -0.3 is 25.6 Å². The third-order valence-electron chi connectivity index (χ3n) is 7.87. The number of hydrogen-bond acceptors (Lipinski definition) is 8. The Morgan fingerprint density at radius 3 is 2.49 bits per heavy atom. The number of pyridine rings is 2. The maximum absolute atomic E-state index is 13.8. The number of nitrogens with one attached hydrogen (secondary N) is 1. The molecule has 1 aliphatic rings. The first kappa shape index (κ1) is 31.8. The maximum Gasteiger partial charge on any atom is 0.333 e. The highest BCUT2D eigenvalue weighted by atomic mass is 19.3. The minimum Gasteiger partial charge on any atom is -0.491 e. The molecule has 0 aliphatic heterocycles. The average molecular weight is 652 g/mol. The lowest BCUT2D eigenvalue weighted by Gasteiger charge is -2.28. The van der Waals surface area contributed by atoms with Crippen molar-refractivity contribution in [1.29, 1.82) is 0 Å². The van der Waals surface area contributed by atoms with Crippen molar-refractivity contribution in [3.63, 3.8) is 0 Å². The number of carbonyl (C=O) groups is 2. The second kappa shape index (κ2) is 12.5. The third-order valence-corrected chi connectivity index (χ3v) is 7.87. The van der Waals surface area contributed by atoms with Crippen molar-refractivity contribution in [2.75, 3.05) is 6.61 Å². The minimum absolute atomic E-state index is 0.0228. The maximum atomic E-state index is 13.8. The number of primary amides is 1. The van der Waals surface area contributed by atoms with Crippen molar-refractivity contribution in [3.05, 3.63) is 72.1 Å². The normalized spacial score (nSPS) is 16.9. The lowest BCUT2D eigenvalue weighted by Crippen LogP contribution is -2.40. The second-order valence-electron chi connectivity index (χ2n) is 12.1. The summed E-state index contributed by atoms with van der Waals surface area (Å²) in [7, 11) is 0. The highest BCUT2D eigenvalue weighted by molar-refractivity contribution is 6.05. The summed E-state index contributed by atoms with van der Waals surface area (Å²) in [6, 6.07) is 10.4. The Bertz CT molecular complexity index is 1940. The number of hydrogen-bond donors (Lipinski definition) is 3. The highest BCUT2D eigenvalue weighted by Crippen LogP contribution is 2.31. The van der Waals surface area contributed by atoms with Crippen LogP contribution in [0.15, 0.2) is 54.9 Å². The van der Waals surface area contributed by atoms with Gasteiger partial charge in [0.15, 0.2) is 5.69 Å². The van der Waals surface area contributed by atoms with Gasteiger partial charge >= 0.3 is 6.55 Å². The number of halogens is 3. The van der Waals surface area contributed by atoms with Crippen LogP contribution in [0.5, 0.6) is 11.6 Å². The molecule has 5 aromatic rings. The van der Waals surface area contributed by atoms with Crippen molar-refractivity contribution in [2.24, 2.45) is 5.73 Å². The lowest BCUT2D eigenvalue weighted by atomic mass is 9.92. The first-order valence-corrected chi connectivity index (χ1v) is 14.9. The van der Waals surface area contributed by atoms with Gasteiger partial charge in [-0.1, -0.05) is 0 Å². The summed E-state index contributed by atoms with van der Waals surface area (Å²) in [5.41, 5.74) is 6.32. The fourth-order valence-electron chi connectivity index (χ4n) is 5.58. The molecular formula is C32H32F3N7O5. The van der Waals surface area contributed by atoms with Gasteiger partial charge in [0.05, 0.1) is 16.6 Å². The molecule has 0 radical (unpaired) electrons. The molecule has 0 bridgehead atoms. The smallest absolute Gasteiger partial charge is 0.333 e. The number of aromatic nitrogens is 5. The Morgan fingerprint density at radius 2 is 1.83 bits per heavy atom. The monoisotopic (exact) mass is 651 g/mol. The number of alkyl halides is 2. The molecule has 0 saturated heterocycles. The van der Waals surface area contributed by atoms with E-state index < -0.39 is 29.9 Å². The van der Waals surface area contributed by atoms with E-state index in [1.165, 1.54) is 35.0 Å². The number of nitrogens with zero attached hydrogens (tertiary/aromatic N) is 5. The predicted molar refractivity (Wildman–Crippen MR) is 164 cm³/mol. The zero-order valence-corrected chi connectivity index (χ0v) is 25.5. The van der Waals surface area contributed by atoms with Gasteiger partial charge in [-0.15, -0.1) is 5.10 Å². The van der Waals surface area contributed by atoms with Gasteiger partial charge in [0.25, 0.3) is 11.8 Å². The van der Waals surface area contributed by atoms with Crippen LogP contribution in [0.4, 0.5) is 13.2 Å². The van der Waals surface area contributed by atoms with Gasteiger partial charge in [-0.2, -0.15) is 18.3 Å². The Kier molecular flexibility index (Phi) is 8.49. The zero-order chi connectivity index (χ0) is 33.5. The zero-order valence-electron chi connectivity index (χ0n) is 25.5. The van der Waals surface area contributed by atoms with Crippen LogP contribution >= 0.6 is 0 Å². The van der Waals surface area contributed by atoms with Gasteiger partial charge in [0.1, 0.15) is 24.0 Å². The SMILES string of the molecule is CC(C)(O)COc1ccc2c(C(=O)NC3CCC(Oc4nn5ccc(-c6ccc(F)nc6)cc5c4C(N)=O)CC3)nn(C(F)F)c2c1. The van der Waals surface area contributed by atoms with E-state index in [-0.39, 0.29) is 52.5 Å². The molecule has 0 unspecified atom stereocenters. The van der Waals surface area contributed by atoms with Gasteiger partial charge in [0.2, 0.25) is 11.8 Å². The molecule has 1 saturated carbocycles. The number of ether oxygens (including phenoxy) is 2. The van der Waals surface area contributed by atoms with Crippen LogP contribution in [0.1, 0.15) is 66.9 Å². The summed E-state index contributed by atoms with van der Waals surface area (Å²) in [5, 5.41) is 21.4. The molecule has 1 aliphatic carbocycles. The molecule has 1 fully saturated rings. The van der Waals surface area contributed by atoms with Crippen molar-refractivity contribution >= 4 is 28.2 Å². The molecule has 15 heteroatoms. The Balaban J connectivity index is 1.13. The molecule has 12 nitrogen and oxygen atoms in total. The molecule has 4 heterocycles. The number of rotatable bonds is 10. The summed E-state index contributed by atoms with van der Waals surface area (Å²) in [5.74, 6) is -1.59. The van der Waals surface area contributed by atoms with Crippen LogP contribution in [0.3, 0.4) is 0 Å². The van der Waals surface area contributed by atoms with Crippen molar-refractivity contribution in [1.82, 2.24) is 29.7 Å². The van der Waals surface area contributed by atoms with Gasteiger partial charge in [0, 0.05) is 35.5 Å². The molecule has 2 amide bonds. The first-order chi connectivity index (χ1) is 22.4. The first-order valence-electron chi connectivity index (χ1n) is 14.9. The molecule has 246 valence electrons. The number of aliphatic hydroxyl groups is 1. The van der Waals surface area contributed by atoms with Crippen LogP contribution < -0.4 is 20.5 Å². The van der Waals surface area contributed by atoms with E-state index in [9.17, 15) is 27.9 Å². The molecule has 0 spiro atoms. The minimum atomic E-state index is -2.99. The summed E-state index contributed by atoms with van der Waals surface area (Å²) < 4.78 is 54.6. The Morgan fingerprint density at radius 1 is 1.06 bits per heavy atom. The second-order valence-corrected chi connectivity index (χ2v) is 12.1. The molecule has 0 atom stereocenters. The van der Waals surface area contributed by atoms with Crippen molar-refractivity contribution in [3.8, 4) is 22.8 Å². The van der Waals surface area contributed by atoms with Gasteiger partial charge in [-0.25, -0.2) is 14.2 Å². The standard InChI is InChI=1S/C32H32F3N7O5/c1-32(2,45)16-46-21-8-9-22-23(14-21)42(31(34)35)39-27(22)29(44)38-19-4-6-20(7-5-19)47-30-26(28(36)43)24-13-17(11-12-41(24)40-30)18-3-10-25(33)37-15-18/h3,8-15,19-20,31,45H,4-7,16H2,1-2H3,(H2,36,43)(H,38,44). The number of benzene rings is 1. The van der Waals surface area contributed by atoms with E-state index in [0.717, 1.165) is 0 Å². The molecule has 1 aromatic carbocycles. The molecule has 4 aromatic heterocycles. The predicted octanol–water partition coefficient (Wildman–Crippen LogP) is 4.65. The summed E-state index contributed by atoms with van der Waals surface area (Å²) in [6.07, 6.45) is 4.75. The molecule has 6 rings (SSSR count). The van der Waals surface area contributed by atoms with Crippen LogP contribution in [-0.2, 0) is 0 Å². The van der Waals surface area contributed by atoms with E-state index in [4.69, 9.17) is 15.2 Å². The van der Waals surface area contributed by atoms with Crippen LogP contribution in [0, 0.1) is 5.95 Å². The van der Waals surface area contributed by atoms with Crippen molar-refractivity contribution in [2.45, 2.75) is 63.8 Å². The van der Waals surface area contributed by atoms with E-state index >= 15 is 0 Å². The summed E-state index contributed by atoms with van der Waals surface area (Å²) in [6.45, 7) is 0.0612. The fraction of sp³-hybridized carbons (Fsp3) is 0.344. The summed E-state index contributed by atoms with van der Waals surface area (Å²) in [4.78, 5) is 29.4. The Labute approximate surface area is 266 Å². The van der Waals surface area contributed by atoms with Crippen LogP contribution in [-0.4, -0.2) is 65.7 Å². The number of carbonyl (C=O) groups excluding carboxylic acids is 2. The van der Waals surface area contributed by atoms with Gasteiger partial charge in [-0.05, 0) is 81.5 Å². The molecule has 4 N–H and O–H groups in total. The lowest BCUT2D eigenvalue weighted by molar-refractivity contribution is 0.0284. The third kappa shape index (κ3) is 6.84. The quantitative estimate of drug-likeness (QED) is 0.184. The highest BCUT2D eigenvalue weighted by Gasteiger charge is 2.29. The Hall–Kier alpha value is -5.18. The van der Waals surface area contributed by atoms with Crippen LogP contribution in [0.2, 0.25) is 0 Å². The topological polar surface area (TPSA) is 159 Å². The summed E-state index contributed by atoms with van der Waals surface area (Å²) >= 11 is 0. The largest absolute Gasteiger partial charge is 0.491 e. The number of amides is 2. The fourth-order valence-corrected chi connectivity index (χ4v) is 5.58. The average Bonchev–Trinajstić information content (AvgIpc) is 3.59.